The van der Waals surface area contributed by atoms with Crippen molar-refractivity contribution in [1.82, 2.24) is 15.3 Å². The number of nitrogens with zero attached hydrogens (tertiary/aromatic N) is 2. The highest BCUT2D eigenvalue weighted by molar-refractivity contribution is 5.31. The van der Waals surface area contributed by atoms with Crippen molar-refractivity contribution < 1.29 is 4.74 Å². The van der Waals surface area contributed by atoms with Gasteiger partial charge in [-0.05, 0) is 19.8 Å². The maximum absolute atomic E-state index is 5.44. The Labute approximate surface area is 102 Å². The van der Waals surface area contributed by atoms with Crippen LogP contribution in [-0.2, 0) is 17.7 Å². The second kappa shape index (κ2) is 4.70. The van der Waals surface area contributed by atoms with Crippen molar-refractivity contribution in [2.45, 2.75) is 38.6 Å². The number of aromatic nitrogens is 2. The van der Waals surface area contributed by atoms with E-state index in [4.69, 9.17) is 9.72 Å². The molecule has 0 spiro atoms. The lowest BCUT2D eigenvalue weighted by molar-refractivity contribution is 0.0841. The van der Waals surface area contributed by atoms with Gasteiger partial charge >= 0.3 is 0 Å². The molecule has 1 saturated heterocycles. The molecule has 1 aromatic heterocycles. The first-order valence-electron chi connectivity index (χ1n) is 6.49. The van der Waals surface area contributed by atoms with E-state index < -0.39 is 0 Å². The van der Waals surface area contributed by atoms with Gasteiger partial charge in [-0.2, -0.15) is 0 Å². The first-order chi connectivity index (χ1) is 8.34. The molecule has 2 aliphatic rings. The lowest BCUT2D eigenvalue weighted by Crippen LogP contribution is -2.28. The number of ether oxygens (including phenoxy) is 1. The van der Waals surface area contributed by atoms with Crippen LogP contribution >= 0.6 is 0 Å². The van der Waals surface area contributed by atoms with Crippen LogP contribution in [0.5, 0.6) is 0 Å². The van der Waals surface area contributed by atoms with E-state index in [1.807, 2.05) is 6.92 Å². The van der Waals surface area contributed by atoms with Crippen LogP contribution in [0.3, 0.4) is 0 Å². The quantitative estimate of drug-likeness (QED) is 0.795. The van der Waals surface area contributed by atoms with Crippen molar-refractivity contribution in [3.05, 3.63) is 22.8 Å². The Morgan fingerprint density at radius 3 is 2.88 bits per heavy atom. The van der Waals surface area contributed by atoms with Crippen molar-refractivity contribution in [2.75, 3.05) is 19.8 Å². The molecule has 4 heteroatoms. The minimum atomic E-state index is 0.569. The number of hydrogen-bond donors (Lipinski definition) is 1. The molecule has 3 rings (SSSR count). The number of rotatable bonds is 1. The molecule has 0 bridgehead atoms. The van der Waals surface area contributed by atoms with Gasteiger partial charge in [0, 0.05) is 44.2 Å². The lowest BCUT2D eigenvalue weighted by atomic mass is 9.90. The number of nitrogens with one attached hydrogen (secondary N) is 1. The lowest BCUT2D eigenvalue weighted by Gasteiger charge is -2.27. The summed E-state index contributed by atoms with van der Waals surface area (Å²) in [4.78, 5) is 9.29. The minimum absolute atomic E-state index is 0.569. The molecule has 0 amide bonds. The Bertz CT molecular complexity index is 413. The third-order valence-electron chi connectivity index (χ3n) is 3.68. The normalized spacial score (nSPS) is 21.2. The highest BCUT2D eigenvalue weighted by Gasteiger charge is 2.24. The summed E-state index contributed by atoms with van der Waals surface area (Å²) in [5, 5.41) is 3.43. The zero-order valence-electron chi connectivity index (χ0n) is 10.3. The van der Waals surface area contributed by atoms with Gasteiger partial charge < -0.3 is 10.1 Å². The summed E-state index contributed by atoms with van der Waals surface area (Å²) in [6, 6.07) is 0. The van der Waals surface area contributed by atoms with Crippen LogP contribution in [0.25, 0.3) is 0 Å². The van der Waals surface area contributed by atoms with Crippen molar-refractivity contribution in [1.29, 1.82) is 0 Å². The van der Waals surface area contributed by atoms with Gasteiger partial charge in [-0.1, -0.05) is 0 Å². The average molecular weight is 233 g/mol. The molecule has 0 aromatic carbocycles. The molecule has 2 aliphatic heterocycles. The molecule has 1 aromatic rings. The largest absolute Gasteiger partial charge is 0.381 e. The Kier molecular flexibility index (Phi) is 3.07. The van der Waals surface area contributed by atoms with Gasteiger partial charge in [0.25, 0.3) is 0 Å². The van der Waals surface area contributed by atoms with E-state index in [9.17, 15) is 0 Å². The molecule has 0 radical (unpaired) electrons. The van der Waals surface area contributed by atoms with Gasteiger partial charge in [-0.25, -0.2) is 9.97 Å². The summed E-state index contributed by atoms with van der Waals surface area (Å²) in [5.41, 5.74) is 3.90. The summed E-state index contributed by atoms with van der Waals surface area (Å²) in [7, 11) is 0. The summed E-state index contributed by atoms with van der Waals surface area (Å²) in [5.74, 6) is 1.49. The zero-order valence-corrected chi connectivity index (χ0v) is 10.3. The van der Waals surface area contributed by atoms with Crippen LogP contribution in [0.15, 0.2) is 0 Å². The van der Waals surface area contributed by atoms with Crippen LogP contribution in [0, 0.1) is 6.92 Å². The zero-order chi connectivity index (χ0) is 11.7. The van der Waals surface area contributed by atoms with E-state index in [1.54, 1.807) is 0 Å². The predicted molar refractivity (Wildman–Crippen MR) is 65.0 cm³/mol. The van der Waals surface area contributed by atoms with Crippen LogP contribution in [0.2, 0.25) is 0 Å². The fourth-order valence-corrected chi connectivity index (χ4v) is 2.81. The summed E-state index contributed by atoms with van der Waals surface area (Å²) in [6.07, 6.45) is 3.24. The number of hydrogen-bond acceptors (Lipinski definition) is 4. The molecule has 0 aliphatic carbocycles. The molecule has 0 atom stereocenters. The maximum atomic E-state index is 5.44. The fourth-order valence-electron chi connectivity index (χ4n) is 2.81. The highest BCUT2D eigenvalue weighted by atomic mass is 16.5. The topological polar surface area (TPSA) is 47.0 Å². The number of aryl methyl sites for hydroxylation is 1. The molecule has 4 nitrogen and oxygen atoms in total. The fraction of sp³-hybridized carbons (Fsp3) is 0.692. The Morgan fingerprint density at radius 1 is 1.24 bits per heavy atom. The van der Waals surface area contributed by atoms with Crippen molar-refractivity contribution in [3.8, 4) is 0 Å². The minimum Gasteiger partial charge on any atom is -0.381 e. The van der Waals surface area contributed by atoms with Gasteiger partial charge in [0.15, 0.2) is 0 Å². The van der Waals surface area contributed by atoms with Gasteiger partial charge in [0.2, 0.25) is 0 Å². The van der Waals surface area contributed by atoms with Gasteiger partial charge in [0.05, 0.1) is 11.4 Å². The smallest absolute Gasteiger partial charge is 0.125 e. The van der Waals surface area contributed by atoms with E-state index in [0.717, 1.165) is 51.4 Å². The molecular formula is C13H19N3O. The maximum Gasteiger partial charge on any atom is 0.125 e. The van der Waals surface area contributed by atoms with Crippen LogP contribution < -0.4 is 5.32 Å². The van der Waals surface area contributed by atoms with Crippen molar-refractivity contribution >= 4 is 0 Å². The monoisotopic (exact) mass is 233 g/mol. The third-order valence-corrected chi connectivity index (χ3v) is 3.68. The third kappa shape index (κ3) is 2.19. The molecule has 17 heavy (non-hydrogen) atoms. The number of fused-ring (bicyclic) bond motifs is 1. The molecule has 1 N–H and O–H groups in total. The molecule has 0 unspecified atom stereocenters. The summed E-state index contributed by atoms with van der Waals surface area (Å²) < 4.78 is 5.44. The van der Waals surface area contributed by atoms with Crippen LogP contribution in [0.4, 0.5) is 0 Å². The van der Waals surface area contributed by atoms with Crippen LogP contribution in [-0.4, -0.2) is 29.7 Å². The average Bonchev–Trinajstić information content (AvgIpc) is 2.39. The van der Waals surface area contributed by atoms with Crippen molar-refractivity contribution in [2.24, 2.45) is 0 Å². The molecular weight excluding hydrogens is 214 g/mol. The Morgan fingerprint density at radius 2 is 2.06 bits per heavy atom. The first-order valence-corrected chi connectivity index (χ1v) is 6.49. The van der Waals surface area contributed by atoms with E-state index in [1.165, 1.54) is 17.0 Å². The van der Waals surface area contributed by atoms with Crippen molar-refractivity contribution in [3.63, 3.8) is 0 Å². The molecule has 1 fully saturated rings. The van der Waals surface area contributed by atoms with E-state index in [2.05, 4.69) is 10.3 Å². The van der Waals surface area contributed by atoms with Gasteiger partial charge in [-0.15, -0.1) is 0 Å². The standard InChI is InChI=1S/C13H19N3O/c1-9-15-12-2-5-14-8-11(12)13(16-9)10-3-6-17-7-4-10/h10,14H,2-8H2,1H3. The van der Waals surface area contributed by atoms with Crippen LogP contribution in [0.1, 0.15) is 41.5 Å². The summed E-state index contributed by atoms with van der Waals surface area (Å²) in [6.45, 7) is 5.72. The Hall–Kier alpha value is -1.00. The second-order valence-corrected chi connectivity index (χ2v) is 4.89. The Balaban J connectivity index is 1.98. The molecule has 0 saturated carbocycles. The van der Waals surface area contributed by atoms with E-state index in [-0.39, 0.29) is 0 Å². The SMILES string of the molecule is Cc1nc2c(c(C3CCOCC3)n1)CNCC2. The molecule has 92 valence electrons. The molecule has 3 heterocycles. The van der Waals surface area contributed by atoms with E-state index >= 15 is 0 Å². The highest BCUT2D eigenvalue weighted by Crippen LogP contribution is 2.30. The first kappa shape index (κ1) is 11.1. The summed E-state index contributed by atoms with van der Waals surface area (Å²) >= 11 is 0. The van der Waals surface area contributed by atoms with Gasteiger partial charge in [-0.3, -0.25) is 0 Å². The van der Waals surface area contributed by atoms with Gasteiger partial charge in [0.1, 0.15) is 5.82 Å². The second-order valence-electron chi connectivity index (χ2n) is 4.89. The van der Waals surface area contributed by atoms with E-state index in [0.29, 0.717) is 5.92 Å². The predicted octanol–water partition coefficient (Wildman–Crippen LogP) is 1.32.